The van der Waals surface area contributed by atoms with Gasteiger partial charge in [-0.3, -0.25) is 4.98 Å². The molecule has 1 aromatic rings. The van der Waals surface area contributed by atoms with Crippen molar-refractivity contribution in [3.63, 3.8) is 0 Å². The molecule has 82 valence electrons. The highest BCUT2D eigenvalue weighted by Gasteiger charge is 2.00. The van der Waals surface area contributed by atoms with Crippen molar-refractivity contribution >= 4 is 6.09 Å². The van der Waals surface area contributed by atoms with Crippen LogP contribution in [-0.2, 0) is 11.3 Å². The first-order chi connectivity index (χ1) is 7.33. The summed E-state index contributed by atoms with van der Waals surface area (Å²) < 4.78 is 4.96. The van der Waals surface area contributed by atoms with E-state index in [0.717, 1.165) is 12.1 Å². The fourth-order valence-corrected chi connectivity index (χ4v) is 0.973. The van der Waals surface area contributed by atoms with Crippen molar-refractivity contribution in [2.24, 2.45) is 0 Å². The molecule has 1 amide bonds. The fraction of sp³-hybridized carbons (Fsp3) is 0.400. The molecule has 0 spiro atoms. The number of pyridine rings is 1. The second-order valence-electron chi connectivity index (χ2n) is 2.97. The summed E-state index contributed by atoms with van der Waals surface area (Å²) in [5.41, 5.74) is 0.876. The summed E-state index contributed by atoms with van der Waals surface area (Å²) >= 11 is 0. The van der Waals surface area contributed by atoms with E-state index in [1.807, 2.05) is 13.1 Å². The summed E-state index contributed by atoms with van der Waals surface area (Å²) in [5, 5.41) is 5.53. The van der Waals surface area contributed by atoms with E-state index in [9.17, 15) is 4.79 Å². The topological polar surface area (TPSA) is 63.2 Å². The van der Waals surface area contributed by atoms with Crippen molar-refractivity contribution in [1.29, 1.82) is 0 Å². The molecule has 0 bridgehead atoms. The summed E-state index contributed by atoms with van der Waals surface area (Å²) in [6.07, 6.45) is 2.94. The summed E-state index contributed by atoms with van der Waals surface area (Å²) in [5.74, 6) is 0. The molecular weight excluding hydrogens is 194 g/mol. The molecule has 0 unspecified atom stereocenters. The van der Waals surface area contributed by atoms with Crippen molar-refractivity contribution < 1.29 is 9.53 Å². The van der Waals surface area contributed by atoms with Gasteiger partial charge >= 0.3 is 6.09 Å². The number of likely N-dealkylation sites (N-methyl/N-ethyl adjacent to an activating group) is 1. The molecule has 5 nitrogen and oxygen atoms in total. The van der Waals surface area contributed by atoms with Crippen LogP contribution in [0.25, 0.3) is 0 Å². The zero-order valence-corrected chi connectivity index (χ0v) is 8.69. The first-order valence-corrected chi connectivity index (χ1v) is 4.77. The second-order valence-corrected chi connectivity index (χ2v) is 2.97. The molecule has 1 rings (SSSR count). The minimum absolute atomic E-state index is 0.249. The Kier molecular flexibility index (Phi) is 5.18. The van der Waals surface area contributed by atoms with Crippen molar-refractivity contribution in [1.82, 2.24) is 15.6 Å². The molecule has 0 aromatic carbocycles. The largest absolute Gasteiger partial charge is 0.445 e. The molecule has 0 aliphatic carbocycles. The zero-order chi connectivity index (χ0) is 10.9. The molecular formula is C10H15N3O2. The highest BCUT2D eigenvalue weighted by Crippen LogP contribution is 1.97. The number of nitrogens with one attached hydrogen (secondary N) is 2. The third kappa shape index (κ3) is 4.97. The summed E-state index contributed by atoms with van der Waals surface area (Å²) in [4.78, 5) is 15.0. The number of rotatable bonds is 5. The summed E-state index contributed by atoms with van der Waals surface area (Å²) in [6, 6.07) is 3.66. The highest BCUT2D eigenvalue weighted by atomic mass is 16.5. The Morgan fingerprint density at radius 3 is 3.07 bits per heavy atom. The quantitative estimate of drug-likeness (QED) is 0.694. The average molecular weight is 209 g/mol. The van der Waals surface area contributed by atoms with Gasteiger partial charge in [0, 0.05) is 31.0 Å². The lowest BCUT2D eigenvalue weighted by Crippen LogP contribution is -2.30. The van der Waals surface area contributed by atoms with Gasteiger partial charge in [-0.25, -0.2) is 4.79 Å². The van der Waals surface area contributed by atoms with Crippen LogP contribution >= 0.6 is 0 Å². The van der Waals surface area contributed by atoms with Crippen molar-refractivity contribution in [2.45, 2.75) is 6.61 Å². The van der Waals surface area contributed by atoms with Crippen LogP contribution in [0.1, 0.15) is 5.56 Å². The van der Waals surface area contributed by atoms with Gasteiger partial charge < -0.3 is 15.4 Å². The summed E-state index contributed by atoms with van der Waals surface area (Å²) in [7, 11) is 1.82. The number of carbonyl (C=O) groups is 1. The molecule has 0 aliphatic rings. The van der Waals surface area contributed by atoms with Gasteiger partial charge in [-0.05, 0) is 13.1 Å². The Labute approximate surface area is 88.9 Å². The lowest BCUT2D eigenvalue weighted by molar-refractivity contribution is 0.139. The van der Waals surface area contributed by atoms with Crippen LogP contribution in [-0.4, -0.2) is 31.2 Å². The van der Waals surface area contributed by atoms with Crippen molar-refractivity contribution in [3.05, 3.63) is 30.1 Å². The number of carbonyl (C=O) groups excluding carboxylic acids is 1. The maximum absolute atomic E-state index is 11.1. The molecule has 0 radical (unpaired) electrons. The van der Waals surface area contributed by atoms with Crippen LogP contribution in [0.4, 0.5) is 4.79 Å². The molecule has 0 saturated heterocycles. The second kappa shape index (κ2) is 6.78. The first kappa shape index (κ1) is 11.5. The number of hydrogen-bond donors (Lipinski definition) is 2. The number of amides is 1. The Morgan fingerprint density at radius 1 is 1.53 bits per heavy atom. The van der Waals surface area contributed by atoms with Crippen molar-refractivity contribution in [3.8, 4) is 0 Å². The molecule has 0 aliphatic heterocycles. The number of nitrogens with zero attached hydrogens (tertiary/aromatic N) is 1. The summed E-state index contributed by atoms with van der Waals surface area (Å²) in [6.45, 7) is 1.53. The molecule has 5 heteroatoms. The van der Waals surface area contributed by atoms with E-state index in [1.165, 1.54) is 0 Å². The van der Waals surface area contributed by atoms with Crippen LogP contribution in [0.15, 0.2) is 24.5 Å². The zero-order valence-electron chi connectivity index (χ0n) is 8.69. The van der Waals surface area contributed by atoms with Crippen LogP contribution in [0, 0.1) is 0 Å². The van der Waals surface area contributed by atoms with Crippen LogP contribution in [0.3, 0.4) is 0 Å². The molecule has 2 N–H and O–H groups in total. The van der Waals surface area contributed by atoms with Gasteiger partial charge in [-0.1, -0.05) is 6.07 Å². The van der Waals surface area contributed by atoms with Crippen LogP contribution < -0.4 is 10.6 Å². The number of ether oxygens (including phenoxy) is 1. The van der Waals surface area contributed by atoms with Gasteiger partial charge in [0.05, 0.1) is 0 Å². The maximum atomic E-state index is 11.1. The minimum Gasteiger partial charge on any atom is -0.445 e. The smallest absolute Gasteiger partial charge is 0.407 e. The van der Waals surface area contributed by atoms with E-state index in [-0.39, 0.29) is 6.61 Å². The number of hydrogen-bond acceptors (Lipinski definition) is 4. The Balaban J connectivity index is 2.17. The maximum Gasteiger partial charge on any atom is 0.407 e. The normalized spacial score (nSPS) is 9.67. The van der Waals surface area contributed by atoms with Crippen molar-refractivity contribution in [2.75, 3.05) is 20.1 Å². The first-order valence-electron chi connectivity index (χ1n) is 4.77. The van der Waals surface area contributed by atoms with E-state index in [2.05, 4.69) is 15.6 Å². The predicted molar refractivity (Wildman–Crippen MR) is 56.4 cm³/mol. The molecule has 15 heavy (non-hydrogen) atoms. The minimum atomic E-state index is -0.408. The van der Waals surface area contributed by atoms with Crippen LogP contribution in [0.2, 0.25) is 0 Å². The SMILES string of the molecule is CNCCNC(=O)OCc1cccnc1. The molecule has 1 aromatic heterocycles. The monoisotopic (exact) mass is 209 g/mol. The fourth-order valence-electron chi connectivity index (χ4n) is 0.973. The van der Waals surface area contributed by atoms with E-state index in [4.69, 9.17) is 4.74 Å². The Hall–Kier alpha value is -1.62. The van der Waals surface area contributed by atoms with E-state index in [1.54, 1.807) is 18.5 Å². The van der Waals surface area contributed by atoms with Gasteiger partial charge in [-0.2, -0.15) is 0 Å². The van der Waals surface area contributed by atoms with Gasteiger partial charge in [0.2, 0.25) is 0 Å². The van der Waals surface area contributed by atoms with Gasteiger partial charge in [0.15, 0.2) is 0 Å². The lowest BCUT2D eigenvalue weighted by Gasteiger charge is -2.06. The molecule has 0 atom stereocenters. The van der Waals surface area contributed by atoms with Crippen LogP contribution in [0.5, 0.6) is 0 Å². The third-order valence-electron chi connectivity index (χ3n) is 1.74. The van der Waals surface area contributed by atoms with E-state index in [0.29, 0.717) is 6.54 Å². The van der Waals surface area contributed by atoms with Gasteiger partial charge in [-0.15, -0.1) is 0 Å². The number of alkyl carbamates (subject to hydrolysis) is 1. The highest BCUT2D eigenvalue weighted by molar-refractivity contribution is 5.67. The molecule has 0 saturated carbocycles. The van der Waals surface area contributed by atoms with E-state index >= 15 is 0 Å². The standard InChI is InChI=1S/C10H15N3O2/c1-11-5-6-13-10(14)15-8-9-3-2-4-12-7-9/h2-4,7,11H,5-6,8H2,1H3,(H,13,14). The average Bonchev–Trinajstić information content (AvgIpc) is 2.28. The molecule has 0 fully saturated rings. The third-order valence-corrected chi connectivity index (χ3v) is 1.74. The molecule has 1 heterocycles. The predicted octanol–water partition coefficient (Wildman–Crippen LogP) is 0.527. The van der Waals surface area contributed by atoms with Gasteiger partial charge in [0.25, 0.3) is 0 Å². The Morgan fingerprint density at radius 2 is 2.40 bits per heavy atom. The Bertz CT molecular complexity index is 290. The van der Waals surface area contributed by atoms with E-state index < -0.39 is 6.09 Å². The lowest BCUT2D eigenvalue weighted by atomic mass is 10.3. The number of aromatic nitrogens is 1. The van der Waals surface area contributed by atoms with Gasteiger partial charge in [0.1, 0.15) is 6.61 Å².